The number of benzene rings is 1. The molecular formula is C11H15BrClNO2S. The van der Waals surface area contributed by atoms with Crippen LogP contribution < -0.4 is 4.72 Å². The molecule has 1 aromatic rings. The fourth-order valence-electron chi connectivity index (χ4n) is 1.20. The number of rotatable bonds is 5. The summed E-state index contributed by atoms with van der Waals surface area (Å²) in [5, 5.41) is 0. The van der Waals surface area contributed by atoms with Gasteiger partial charge in [0.05, 0.1) is 4.90 Å². The summed E-state index contributed by atoms with van der Waals surface area (Å²) in [6, 6.07) is 6.40. The summed E-state index contributed by atoms with van der Waals surface area (Å²) in [6.45, 7) is 3.71. The predicted molar refractivity (Wildman–Crippen MR) is 73.8 cm³/mol. The Morgan fingerprint density at radius 1 is 1.41 bits per heavy atom. The smallest absolute Gasteiger partial charge is 0.208 e. The first-order valence-corrected chi connectivity index (χ1v) is 8.01. The van der Waals surface area contributed by atoms with Crippen LogP contribution in [0.2, 0.25) is 0 Å². The lowest BCUT2D eigenvalue weighted by Gasteiger charge is -2.19. The second-order valence-electron chi connectivity index (χ2n) is 4.00. The number of nitrogens with one attached hydrogen (secondary N) is 1. The Kier molecular flexibility index (Phi) is 5.44. The molecule has 0 heterocycles. The van der Waals surface area contributed by atoms with Crippen molar-refractivity contribution >= 4 is 37.6 Å². The summed E-state index contributed by atoms with van der Waals surface area (Å²) in [4.78, 5) is 0.250. The van der Waals surface area contributed by atoms with Gasteiger partial charge in [-0.1, -0.05) is 28.9 Å². The third-order valence-electron chi connectivity index (χ3n) is 2.54. The lowest BCUT2D eigenvalue weighted by Crippen LogP contribution is -2.37. The molecule has 1 aromatic carbocycles. The van der Waals surface area contributed by atoms with Gasteiger partial charge in [0.25, 0.3) is 0 Å². The van der Waals surface area contributed by atoms with Gasteiger partial charge in [0.15, 0.2) is 0 Å². The highest BCUT2D eigenvalue weighted by Gasteiger charge is 2.20. The van der Waals surface area contributed by atoms with E-state index in [1.54, 1.807) is 24.3 Å². The van der Waals surface area contributed by atoms with E-state index < -0.39 is 10.0 Å². The van der Waals surface area contributed by atoms with Crippen LogP contribution in [-0.2, 0) is 10.0 Å². The Morgan fingerprint density at radius 3 is 2.59 bits per heavy atom. The quantitative estimate of drug-likeness (QED) is 0.838. The van der Waals surface area contributed by atoms with Gasteiger partial charge in [0.1, 0.15) is 0 Å². The molecule has 96 valence electrons. The minimum absolute atomic E-state index is 0.0820. The zero-order chi connectivity index (χ0) is 13.1. The molecule has 0 aliphatic rings. The van der Waals surface area contributed by atoms with E-state index >= 15 is 0 Å². The summed E-state index contributed by atoms with van der Waals surface area (Å²) in [7, 11) is -3.48. The largest absolute Gasteiger partial charge is 0.240 e. The van der Waals surface area contributed by atoms with Crippen molar-refractivity contribution in [1.82, 2.24) is 4.72 Å². The maximum absolute atomic E-state index is 12.0. The third-order valence-corrected chi connectivity index (χ3v) is 5.08. The van der Waals surface area contributed by atoms with Gasteiger partial charge in [-0.15, -0.1) is 11.6 Å². The van der Waals surface area contributed by atoms with Crippen LogP contribution in [0.25, 0.3) is 0 Å². The average molecular weight is 341 g/mol. The number of sulfonamides is 1. The number of hydrogen-bond donors (Lipinski definition) is 1. The monoisotopic (exact) mass is 339 g/mol. The Bertz CT molecular complexity index is 478. The molecule has 1 N–H and O–H groups in total. The molecule has 0 saturated heterocycles. The van der Waals surface area contributed by atoms with Crippen LogP contribution >= 0.6 is 27.5 Å². The summed E-state index contributed by atoms with van der Waals surface area (Å²) in [5.41, 5.74) is 0. The lowest BCUT2D eigenvalue weighted by atomic mass is 10.1. The van der Waals surface area contributed by atoms with Gasteiger partial charge in [0.2, 0.25) is 10.0 Å². The van der Waals surface area contributed by atoms with Gasteiger partial charge in [-0.2, -0.15) is 0 Å². The van der Waals surface area contributed by atoms with E-state index in [-0.39, 0.29) is 16.9 Å². The number of hydrogen-bond acceptors (Lipinski definition) is 2. The highest BCUT2D eigenvalue weighted by atomic mass is 79.9. The van der Waals surface area contributed by atoms with Gasteiger partial charge in [-0.05, 0) is 31.0 Å². The first-order valence-electron chi connectivity index (χ1n) is 5.20. The minimum atomic E-state index is -3.48. The van der Waals surface area contributed by atoms with Crippen LogP contribution in [0.4, 0.5) is 0 Å². The van der Waals surface area contributed by atoms with E-state index in [1.807, 2.05) is 13.8 Å². The average Bonchev–Trinajstić information content (AvgIpc) is 2.27. The Balaban J connectivity index is 2.89. The van der Waals surface area contributed by atoms with Crippen LogP contribution in [0.3, 0.4) is 0 Å². The van der Waals surface area contributed by atoms with E-state index in [1.165, 1.54) is 0 Å². The van der Waals surface area contributed by atoms with Crippen LogP contribution in [0.1, 0.15) is 13.8 Å². The molecule has 2 unspecified atom stereocenters. The second-order valence-corrected chi connectivity index (χ2v) is 6.94. The predicted octanol–water partition coefficient (Wildman–Crippen LogP) is 2.99. The maximum atomic E-state index is 12.0. The fraction of sp³-hybridized carbons (Fsp3) is 0.455. The molecule has 6 heteroatoms. The minimum Gasteiger partial charge on any atom is -0.208 e. The van der Waals surface area contributed by atoms with Crippen LogP contribution in [0, 0.1) is 5.92 Å². The van der Waals surface area contributed by atoms with Gasteiger partial charge in [-0.3, -0.25) is 0 Å². The van der Waals surface area contributed by atoms with Crippen molar-refractivity contribution in [1.29, 1.82) is 0 Å². The molecule has 0 fully saturated rings. The topological polar surface area (TPSA) is 46.2 Å². The molecule has 0 aliphatic carbocycles. The highest BCUT2D eigenvalue weighted by molar-refractivity contribution is 9.10. The SMILES string of the molecule is CC(CCl)C(C)NS(=O)(=O)c1cccc(Br)c1. The second kappa shape index (κ2) is 6.18. The third kappa shape index (κ3) is 4.25. The number of alkyl halides is 1. The van der Waals surface area contributed by atoms with Crippen molar-refractivity contribution in [3.8, 4) is 0 Å². The molecule has 17 heavy (non-hydrogen) atoms. The summed E-state index contributed by atoms with van der Waals surface area (Å²) < 4.78 is 27.4. The summed E-state index contributed by atoms with van der Waals surface area (Å²) in [5.74, 6) is 0.501. The standard InChI is InChI=1S/C11H15BrClNO2S/c1-8(7-13)9(2)14-17(15,16)11-5-3-4-10(12)6-11/h3-6,8-9,14H,7H2,1-2H3. The van der Waals surface area contributed by atoms with Gasteiger partial charge >= 0.3 is 0 Å². The van der Waals surface area contributed by atoms with Crippen LogP contribution in [-0.4, -0.2) is 20.3 Å². The molecule has 1 rings (SSSR count). The molecule has 0 spiro atoms. The van der Waals surface area contributed by atoms with E-state index in [2.05, 4.69) is 20.7 Å². The Morgan fingerprint density at radius 2 is 2.06 bits per heavy atom. The zero-order valence-electron chi connectivity index (χ0n) is 9.65. The fourth-order valence-corrected chi connectivity index (χ4v) is 3.41. The first kappa shape index (κ1) is 15.0. The molecule has 0 aromatic heterocycles. The molecule has 0 radical (unpaired) electrons. The molecule has 2 atom stereocenters. The van der Waals surface area contributed by atoms with Gasteiger partial charge < -0.3 is 0 Å². The van der Waals surface area contributed by atoms with E-state index in [0.717, 1.165) is 4.47 Å². The number of halogens is 2. The molecule has 0 saturated carbocycles. The molecular weight excluding hydrogens is 326 g/mol. The highest BCUT2D eigenvalue weighted by Crippen LogP contribution is 2.17. The molecule has 3 nitrogen and oxygen atoms in total. The van der Waals surface area contributed by atoms with Crippen molar-refractivity contribution in [2.24, 2.45) is 5.92 Å². The van der Waals surface area contributed by atoms with Crippen molar-refractivity contribution in [3.05, 3.63) is 28.7 Å². The zero-order valence-corrected chi connectivity index (χ0v) is 12.8. The van der Waals surface area contributed by atoms with Crippen molar-refractivity contribution in [3.63, 3.8) is 0 Å². The molecule has 0 bridgehead atoms. The molecule has 0 aliphatic heterocycles. The Hall–Kier alpha value is -0.100. The van der Waals surface area contributed by atoms with E-state index in [0.29, 0.717) is 5.88 Å². The van der Waals surface area contributed by atoms with Crippen molar-refractivity contribution < 1.29 is 8.42 Å². The lowest BCUT2D eigenvalue weighted by molar-refractivity contribution is 0.480. The van der Waals surface area contributed by atoms with Crippen LogP contribution in [0.15, 0.2) is 33.6 Å². The van der Waals surface area contributed by atoms with Gasteiger partial charge in [-0.25, -0.2) is 13.1 Å². The van der Waals surface area contributed by atoms with Crippen molar-refractivity contribution in [2.75, 3.05) is 5.88 Å². The first-order chi connectivity index (χ1) is 7.86. The molecule has 0 amide bonds. The summed E-state index contributed by atoms with van der Waals surface area (Å²) >= 11 is 8.95. The maximum Gasteiger partial charge on any atom is 0.240 e. The van der Waals surface area contributed by atoms with Crippen molar-refractivity contribution in [2.45, 2.75) is 24.8 Å². The van der Waals surface area contributed by atoms with E-state index in [4.69, 9.17) is 11.6 Å². The Labute approximate surface area is 116 Å². The van der Waals surface area contributed by atoms with Gasteiger partial charge in [0, 0.05) is 16.4 Å². The summed E-state index contributed by atoms with van der Waals surface area (Å²) in [6.07, 6.45) is 0. The van der Waals surface area contributed by atoms with Crippen LogP contribution in [0.5, 0.6) is 0 Å². The normalized spacial score (nSPS) is 15.5. The van der Waals surface area contributed by atoms with E-state index in [9.17, 15) is 8.42 Å².